The van der Waals surface area contributed by atoms with Crippen LogP contribution >= 0.6 is 11.3 Å². The van der Waals surface area contributed by atoms with Gasteiger partial charge in [-0.3, -0.25) is 14.4 Å². The number of nitrogen functional groups attached to an aromatic ring is 1. The van der Waals surface area contributed by atoms with Gasteiger partial charge in [-0.25, -0.2) is 0 Å². The number of thiophene rings is 1. The molecule has 3 rings (SSSR count). The minimum Gasteiger partial charge on any atom is -0.389 e. The third-order valence-corrected chi connectivity index (χ3v) is 5.18. The number of para-hydroxylation sites is 1. The molecule has 0 saturated carbocycles. The number of carbonyl (C=O) groups excluding carboxylic acids is 3. The molecule has 0 spiro atoms. The van der Waals surface area contributed by atoms with Crippen LogP contribution in [-0.2, 0) is 9.59 Å². The standard InChI is InChI=1S/C22H22N4O3S/c1-14(27)24-13-18(22(29)25-17-5-3-2-4-6-17)15-7-9-16(10-8-15)21(28)26-19-11-12-30-20(19)23/h2-12,18H,13,23H2,1H3,(H,24,27)(H,25,29)(H,26,28). The number of nitrogens with one attached hydrogen (secondary N) is 3. The smallest absolute Gasteiger partial charge is 0.255 e. The largest absolute Gasteiger partial charge is 0.389 e. The molecule has 0 saturated heterocycles. The molecule has 1 heterocycles. The molecule has 3 amide bonds. The maximum absolute atomic E-state index is 12.8. The monoisotopic (exact) mass is 422 g/mol. The van der Waals surface area contributed by atoms with E-state index in [9.17, 15) is 14.4 Å². The van der Waals surface area contributed by atoms with Crippen molar-refractivity contribution in [3.8, 4) is 0 Å². The van der Waals surface area contributed by atoms with Crippen molar-refractivity contribution in [2.75, 3.05) is 22.9 Å². The number of carbonyl (C=O) groups is 3. The Morgan fingerprint density at radius 1 is 0.967 bits per heavy atom. The Balaban J connectivity index is 1.75. The molecule has 0 aliphatic rings. The fourth-order valence-corrected chi connectivity index (χ4v) is 3.44. The molecule has 0 bridgehead atoms. The molecule has 0 aliphatic heterocycles. The van der Waals surface area contributed by atoms with Gasteiger partial charge < -0.3 is 21.7 Å². The van der Waals surface area contributed by atoms with E-state index in [0.717, 1.165) is 0 Å². The van der Waals surface area contributed by atoms with Gasteiger partial charge in [0.25, 0.3) is 5.91 Å². The van der Waals surface area contributed by atoms with Gasteiger partial charge in [0.2, 0.25) is 11.8 Å². The van der Waals surface area contributed by atoms with E-state index in [4.69, 9.17) is 5.73 Å². The fourth-order valence-electron chi connectivity index (χ4n) is 2.84. The van der Waals surface area contributed by atoms with Gasteiger partial charge in [-0.05, 0) is 41.3 Å². The van der Waals surface area contributed by atoms with E-state index >= 15 is 0 Å². The maximum Gasteiger partial charge on any atom is 0.255 e. The van der Waals surface area contributed by atoms with Crippen LogP contribution in [0.2, 0.25) is 0 Å². The molecular weight excluding hydrogens is 400 g/mol. The first-order valence-corrected chi connectivity index (χ1v) is 10.2. The summed E-state index contributed by atoms with van der Waals surface area (Å²) in [6, 6.07) is 17.5. The van der Waals surface area contributed by atoms with Crippen LogP contribution in [0.15, 0.2) is 66.0 Å². The number of anilines is 3. The first-order chi connectivity index (χ1) is 14.4. The molecule has 3 aromatic rings. The van der Waals surface area contributed by atoms with Gasteiger partial charge in [0.05, 0.1) is 11.6 Å². The van der Waals surface area contributed by atoms with E-state index in [2.05, 4.69) is 16.0 Å². The zero-order valence-corrected chi connectivity index (χ0v) is 17.2. The van der Waals surface area contributed by atoms with Crippen LogP contribution in [0.1, 0.15) is 28.8 Å². The van der Waals surface area contributed by atoms with Crippen molar-refractivity contribution < 1.29 is 14.4 Å². The number of hydrogen-bond donors (Lipinski definition) is 4. The van der Waals surface area contributed by atoms with Gasteiger partial charge in [-0.1, -0.05) is 30.3 Å². The highest BCUT2D eigenvalue weighted by atomic mass is 32.1. The van der Waals surface area contributed by atoms with Gasteiger partial charge >= 0.3 is 0 Å². The normalized spacial score (nSPS) is 11.4. The lowest BCUT2D eigenvalue weighted by Crippen LogP contribution is -2.33. The van der Waals surface area contributed by atoms with Gasteiger partial charge in [-0.15, -0.1) is 11.3 Å². The number of rotatable bonds is 7. The van der Waals surface area contributed by atoms with E-state index in [-0.39, 0.29) is 24.3 Å². The molecule has 2 aromatic carbocycles. The summed E-state index contributed by atoms with van der Waals surface area (Å²) in [4.78, 5) is 36.7. The SMILES string of the molecule is CC(=O)NCC(C(=O)Nc1ccccc1)c1ccc(C(=O)Nc2ccsc2N)cc1. The molecule has 30 heavy (non-hydrogen) atoms. The average Bonchev–Trinajstić information content (AvgIpc) is 3.13. The van der Waals surface area contributed by atoms with E-state index < -0.39 is 5.92 Å². The summed E-state index contributed by atoms with van der Waals surface area (Å²) < 4.78 is 0. The van der Waals surface area contributed by atoms with Gasteiger partial charge in [-0.2, -0.15) is 0 Å². The second kappa shape index (κ2) is 9.71. The minimum atomic E-state index is -0.612. The number of nitrogens with two attached hydrogens (primary N) is 1. The van der Waals surface area contributed by atoms with E-state index in [0.29, 0.717) is 27.5 Å². The summed E-state index contributed by atoms with van der Waals surface area (Å²) in [5, 5.41) is 10.6. The summed E-state index contributed by atoms with van der Waals surface area (Å²) >= 11 is 1.34. The van der Waals surface area contributed by atoms with Crippen molar-refractivity contribution in [3.05, 3.63) is 77.2 Å². The number of amides is 3. The third kappa shape index (κ3) is 5.45. The molecular formula is C22H22N4O3S. The van der Waals surface area contributed by atoms with Gasteiger partial charge in [0.15, 0.2) is 0 Å². The highest BCUT2D eigenvalue weighted by Crippen LogP contribution is 2.25. The molecule has 8 heteroatoms. The highest BCUT2D eigenvalue weighted by molar-refractivity contribution is 7.14. The molecule has 0 aliphatic carbocycles. The topological polar surface area (TPSA) is 113 Å². The average molecular weight is 423 g/mol. The molecule has 1 aromatic heterocycles. The van der Waals surface area contributed by atoms with Crippen LogP contribution in [0.5, 0.6) is 0 Å². The van der Waals surface area contributed by atoms with Crippen molar-refractivity contribution in [1.29, 1.82) is 0 Å². The van der Waals surface area contributed by atoms with Crippen LogP contribution in [0, 0.1) is 0 Å². The second-order valence-corrected chi connectivity index (χ2v) is 7.57. The quantitative estimate of drug-likeness (QED) is 0.467. The van der Waals surface area contributed by atoms with Crippen molar-refractivity contribution >= 4 is 45.4 Å². The van der Waals surface area contributed by atoms with Crippen LogP contribution < -0.4 is 21.7 Å². The Labute approximate surface area is 178 Å². The van der Waals surface area contributed by atoms with Crippen LogP contribution in [0.25, 0.3) is 0 Å². The van der Waals surface area contributed by atoms with Crippen molar-refractivity contribution in [2.45, 2.75) is 12.8 Å². The molecule has 5 N–H and O–H groups in total. The maximum atomic E-state index is 12.8. The Kier molecular flexibility index (Phi) is 6.82. The van der Waals surface area contributed by atoms with Crippen LogP contribution in [-0.4, -0.2) is 24.3 Å². The first-order valence-electron chi connectivity index (χ1n) is 9.28. The summed E-state index contributed by atoms with van der Waals surface area (Å²) in [6.45, 7) is 1.54. The molecule has 154 valence electrons. The van der Waals surface area contributed by atoms with Gasteiger partial charge in [0.1, 0.15) is 5.00 Å². The van der Waals surface area contributed by atoms with Crippen molar-refractivity contribution in [3.63, 3.8) is 0 Å². The highest BCUT2D eigenvalue weighted by Gasteiger charge is 2.22. The zero-order chi connectivity index (χ0) is 21.5. The van der Waals surface area contributed by atoms with E-state index in [1.54, 1.807) is 47.8 Å². The van der Waals surface area contributed by atoms with E-state index in [1.165, 1.54) is 18.3 Å². The predicted molar refractivity (Wildman–Crippen MR) is 120 cm³/mol. The minimum absolute atomic E-state index is 0.144. The summed E-state index contributed by atoms with van der Waals surface area (Å²) in [5.74, 6) is -1.38. The third-order valence-electron chi connectivity index (χ3n) is 4.43. The Hall–Kier alpha value is -3.65. The summed E-state index contributed by atoms with van der Waals surface area (Å²) in [6.07, 6.45) is 0. The lowest BCUT2D eigenvalue weighted by molar-refractivity contribution is -0.119. The van der Waals surface area contributed by atoms with Crippen LogP contribution in [0.3, 0.4) is 0 Å². The summed E-state index contributed by atoms with van der Waals surface area (Å²) in [7, 11) is 0. The molecule has 0 radical (unpaired) electrons. The number of benzene rings is 2. The predicted octanol–water partition coefficient (Wildman–Crippen LogP) is 3.44. The first kappa shape index (κ1) is 21.1. The van der Waals surface area contributed by atoms with Crippen molar-refractivity contribution in [2.24, 2.45) is 0 Å². The molecule has 0 fully saturated rings. The zero-order valence-electron chi connectivity index (χ0n) is 16.3. The number of hydrogen-bond acceptors (Lipinski definition) is 5. The Bertz CT molecular complexity index is 1030. The fraction of sp³-hybridized carbons (Fsp3) is 0.136. The Morgan fingerprint density at radius 3 is 2.27 bits per heavy atom. The van der Waals surface area contributed by atoms with Crippen LogP contribution in [0.4, 0.5) is 16.4 Å². The lowest BCUT2D eigenvalue weighted by atomic mass is 9.96. The molecule has 1 unspecified atom stereocenters. The molecule has 1 atom stereocenters. The van der Waals surface area contributed by atoms with E-state index in [1.807, 2.05) is 18.2 Å². The lowest BCUT2D eigenvalue weighted by Gasteiger charge is -2.18. The second-order valence-electron chi connectivity index (χ2n) is 6.62. The summed E-state index contributed by atoms with van der Waals surface area (Å²) in [5.41, 5.74) is 8.17. The Morgan fingerprint density at radius 2 is 1.67 bits per heavy atom. The van der Waals surface area contributed by atoms with Crippen molar-refractivity contribution in [1.82, 2.24) is 5.32 Å². The van der Waals surface area contributed by atoms with Gasteiger partial charge in [0, 0.05) is 24.7 Å². The molecule has 7 nitrogen and oxygen atoms in total.